The van der Waals surface area contributed by atoms with Crippen molar-refractivity contribution in [2.45, 2.75) is 17.7 Å². The van der Waals surface area contributed by atoms with Crippen LogP contribution in [0, 0.1) is 0 Å². The molecule has 2 aromatic rings. The summed E-state index contributed by atoms with van der Waals surface area (Å²) in [7, 11) is 0. The maximum absolute atomic E-state index is 12.1. The van der Waals surface area contributed by atoms with E-state index in [0.29, 0.717) is 21.6 Å². The highest BCUT2D eigenvalue weighted by molar-refractivity contribution is 8.01. The molecule has 0 aliphatic rings. The predicted octanol–water partition coefficient (Wildman–Crippen LogP) is 3.06. The van der Waals surface area contributed by atoms with Crippen molar-refractivity contribution in [1.82, 2.24) is 15.5 Å². The first-order valence-corrected chi connectivity index (χ1v) is 9.06. The zero-order valence-electron chi connectivity index (χ0n) is 12.3. The Bertz CT molecular complexity index is 676. The molecular formula is C14H15ClN4O2S2. The number of nitrogens with one attached hydrogen (secondary N) is 2. The fourth-order valence-electron chi connectivity index (χ4n) is 1.52. The molecule has 0 saturated heterocycles. The lowest BCUT2D eigenvalue weighted by Crippen LogP contribution is -2.25. The highest BCUT2D eigenvalue weighted by Gasteiger charge is 2.14. The third-order valence-corrected chi connectivity index (χ3v) is 4.91. The molecule has 0 unspecified atom stereocenters. The second-order valence-corrected chi connectivity index (χ2v) is 7.11. The maximum atomic E-state index is 12.1. The molecule has 0 radical (unpaired) electrons. The average Bonchev–Trinajstić information content (AvgIpc) is 3.02. The first kappa shape index (κ1) is 17.7. The van der Waals surface area contributed by atoms with Crippen LogP contribution < -0.4 is 10.6 Å². The van der Waals surface area contributed by atoms with Crippen LogP contribution in [0.2, 0.25) is 5.02 Å². The van der Waals surface area contributed by atoms with Crippen LogP contribution in [0.5, 0.6) is 0 Å². The van der Waals surface area contributed by atoms with E-state index in [1.165, 1.54) is 11.8 Å². The normalized spacial score (nSPS) is 10.3. The minimum atomic E-state index is -0.341. The van der Waals surface area contributed by atoms with E-state index >= 15 is 0 Å². The summed E-state index contributed by atoms with van der Waals surface area (Å²) < 4.78 is 0.581. The van der Waals surface area contributed by atoms with Crippen molar-refractivity contribution in [3.63, 3.8) is 0 Å². The number of amides is 2. The molecule has 2 rings (SSSR count). The second-order valence-electron chi connectivity index (χ2n) is 4.47. The van der Waals surface area contributed by atoms with Crippen LogP contribution in [-0.2, 0) is 4.79 Å². The third-order valence-electron chi connectivity index (χ3n) is 2.60. The summed E-state index contributed by atoms with van der Waals surface area (Å²) in [6, 6.07) is 6.78. The molecule has 1 aromatic heterocycles. The van der Waals surface area contributed by atoms with Crippen molar-refractivity contribution in [2.75, 3.05) is 17.6 Å². The Morgan fingerprint density at radius 2 is 2.00 bits per heavy atom. The quantitative estimate of drug-likeness (QED) is 0.732. The number of carbonyl (C=O) groups is 2. The molecule has 6 nitrogen and oxygen atoms in total. The summed E-state index contributed by atoms with van der Waals surface area (Å²) in [6.45, 7) is 2.65. The molecule has 23 heavy (non-hydrogen) atoms. The smallest absolute Gasteiger partial charge is 0.286 e. The number of thioether (sulfide) groups is 1. The summed E-state index contributed by atoms with van der Waals surface area (Å²) in [5.41, 5.74) is 0.628. The largest absolute Gasteiger partial charge is 0.355 e. The first-order chi connectivity index (χ1) is 11.1. The monoisotopic (exact) mass is 370 g/mol. The van der Waals surface area contributed by atoms with Gasteiger partial charge in [0.2, 0.25) is 10.9 Å². The molecule has 0 aliphatic carbocycles. The summed E-state index contributed by atoms with van der Waals surface area (Å²) in [5.74, 6) is -0.140. The number of nitrogens with zero attached hydrogens (tertiary/aromatic N) is 2. The lowest BCUT2D eigenvalue weighted by Gasteiger charge is -2.02. The van der Waals surface area contributed by atoms with E-state index in [-0.39, 0.29) is 22.6 Å². The number of halogens is 1. The maximum Gasteiger partial charge on any atom is 0.286 e. The Morgan fingerprint density at radius 1 is 1.26 bits per heavy atom. The molecule has 2 amide bonds. The van der Waals surface area contributed by atoms with E-state index in [0.717, 1.165) is 17.8 Å². The van der Waals surface area contributed by atoms with Crippen LogP contribution in [0.1, 0.15) is 23.1 Å². The van der Waals surface area contributed by atoms with Crippen molar-refractivity contribution >= 4 is 52.2 Å². The van der Waals surface area contributed by atoms with Gasteiger partial charge in [-0.3, -0.25) is 9.59 Å². The fourth-order valence-corrected chi connectivity index (χ4v) is 3.22. The minimum absolute atomic E-state index is 0.0563. The number of anilines is 1. The fraction of sp³-hybridized carbons (Fsp3) is 0.286. The summed E-state index contributed by atoms with van der Waals surface area (Å²) in [6.07, 6.45) is 0.893. The average molecular weight is 371 g/mol. The number of carbonyl (C=O) groups excluding carboxylic acids is 2. The lowest BCUT2D eigenvalue weighted by molar-refractivity contribution is -0.118. The number of benzene rings is 1. The Labute approximate surface area is 147 Å². The Morgan fingerprint density at radius 3 is 2.70 bits per heavy atom. The highest BCUT2D eigenvalue weighted by Crippen LogP contribution is 2.23. The van der Waals surface area contributed by atoms with Crippen molar-refractivity contribution in [3.05, 3.63) is 34.3 Å². The summed E-state index contributed by atoms with van der Waals surface area (Å²) in [5, 5.41) is 14.1. The zero-order chi connectivity index (χ0) is 16.7. The van der Waals surface area contributed by atoms with E-state index in [9.17, 15) is 9.59 Å². The predicted molar refractivity (Wildman–Crippen MR) is 93.3 cm³/mol. The van der Waals surface area contributed by atoms with Gasteiger partial charge in [-0.2, -0.15) is 0 Å². The van der Waals surface area contributed by atoms with Crippen LogP contribution in [0.15, 0.2) is 28.6 Å². The van der Waals surface area contributed by atoms with Gasteiger partial charge in [0.1, 0.15) is 0 Å². The van der Waals surface area contributed by atoms with Crippen molar-refractivity contribution in [3.8, 4) is 0 Å². The molecule has 1 aromatic carbocycles. The van der Waals surface area contributed by atoms with Gasteiger partial charge in [-0.15, -0.1) is 10.2 Å². The molecule has 0 bridgehead atoms. The van der Waals surface area contributed by atoms with E-state index in [1.54, 1.807) is 24.3 Å². The van der Waals surface area contributed by atoms with Crippen LogP contribution in [0.25, 0.3) is 0 Å². The van der Waals surface area contributed by atoms with Crippen molar-refractivity contribution < 1.29 is 9.59 Å². The summed E-state index contributed by atoms with van der Waals surface area (Å²) in [4.78, 5) is 23.6. The molecule has 0 aliphatic heterocycles. The molecule has 9 heteroatoms. The Hall–Kier alpha value is -1.64. The van der Waals surface area contributed by atoms with Gasteiger partial charge in [0.05, 0.1) is 5.75 Å². The van der Waals surface area contributed by atoms with E-state index < -0.39 is 0 Å². The summed E-state index contributed by atoms with van der Waals surface area (Å²) >= 11 is 8.20. The van der Waals surface area contributed by atoms with Gasteiger partial charge < -0.3 is 10.6 Å². The van der Waals surface area contributed by atoms with Gasteiger partial charge in [-0.05, 0) is 30.7 Å². The van der Waals surface area contributed by atoms with Crippen molar-refractivity contribution in [1.29, 1.82) is 0 Å². The number of hydrogen-bond acceptors (Lipinski definition) is 6. The number of aromatic nitrogens is 2. The first-order valence-electron chi connectivity index (χ1n) is 6.88. The van der Waals surface area contributed by atoms with Crippen LogP contribution in [0.3, 0.4) is 0 Å². The van der Waals surface area contributed by atoms with Crippen LogP contribution in [-0.4, -0.2) is 34.3 Å². The van der Waals surface area contributed by atoms with Gasteiger partial charge >= 0.3 is 0 Å². The van der Waals surface area contributed by atoms with Gasteiger partial charge in [0.15, 0.2) is 4.34 Å². The molecule has 1 heterocycles. The standard InChI is InChI=1S/C14H15ClN4O2S2/c1-2-7-16-11(20)8-22-14-19-18-13(23-14)12(21)17-10-5-3-9(15)4-6-10/h3-6H,2,7-8H2,1H3,(H,16,20)(H,17,21). The van der Waals surface area contributed by atoms with E-state index in [4.69, 9.17) is 11.6 Å². The zero-order valence-corrected chi connectivity index (χ0v) is 14.7. The molecular weight excluding hydrogens is 356 g/mol. The van der Waals surface area contributed by atoms with Crippen molar-refractivity contribution in [2.24, 2.45) is 0 Å². The third kappa shape index (κ3) is 5.81. The minimum Gasteiger partial charge on any atom is -0.355 e. The molecule has 122 valence electrons. The number of hydrogen-bond donors (Lipinski definition) is 2. The van der Waals surface area contributed by atoms with Crippen LogP contribution in [0.4, 0.5) is 5.69 Å². The highest BCUT2D eigenvalue weighted by atomic mass is 35.5. The number of rotatable bonds is 7. The molecule has 0 spiro atoms. The SMILES string of the molecule is CCCNC(=O)CSc1nnc(C(=O)Nc2ccc(Cl)cc2)s1. The molecule has 0 saturated carbocycles. The second kappa shape index (κ2) is 8.85. The molecule has 2 N–H and O–H groups in total. The molecule has 0 fully saturated rings. The Kier molecular flexibility index (Phi) is 6.82. The van der Waals surface area contributed by atoms with E-state index in [1.807, 2.05) is 6.92 Å². The van der Waals surface area contributed by atoms with Gasteiger partial charge in [-0.25, -0.2) is 0 Å². The van der Waals surface area contributed by atoms with Gasteiger partial charge in [0, 0.05) is 17.3 Å². The van der Waals surface area contributed by atoms with E-state index in [2.05, 4.69) is 20.8 Å². The molecule has 0 atom stereocenters. The topological polar surface area (TPSA) is 84.0 Å². The van der Waals surface area contributed by atoms with Gasteiger partial charge in [-0.1, -0.05) is 41.6 Å². The lowest BCUT2D eigenvalue weighted by atomic mass is 10.3. The Balaban J connectivity index is 1.87. The van der Waals surface area contributed by atoms with Gasteiger partial charge in [0.25, 0.3) is 5.91 Å². The van der Waals surface area contributed by atoms with Crippen LogP contribution >= 0.6 is 34.7 Å².